The van der Waals surface area contributed by atoms with Crippen LogP contribution in [0, 0.1) is 34.5 Å². The summed E-state index contributed by atoms with van der Waals surface area (Å²) in [6.45, 7) is 20.1. The molecule has 46 heavy (non-hydrogen) atoms. The Hall–Kier alpha value is -2.99. The maximum Gasteiger partial charge on any atom is 0.315 e. The maximum absolute atomic E-state index is 14.3. The van der Waals surface area contributed by atoms with Gasteiger partial charge in [0.05, 0.1) is 12.1 Å². The Balaban J connectivity index is 1.78. The predicted molar refractivity (Wildman–Crippen MR) is 176 cm³/mol. The minimum atomic E-state index is -1.02. The molecule has 0 spiro atoms. The van der Waals surface area contributed by atoms with Crippen molar-refractivity contribution in [2.45, 2.75) is 118 Å². The SMILES string of the molecule is C=CCNC(=O)C(=O)C(CCCC)NC(=O)[C@@H]1[C@@H]2[C@H](CN1C(=O)[C@@H](NC(=O)N[C@@H](C(C)C)C(O)NCC1CC1)C(C)(C)C)C2(C)C. The van der Waals surface area contributed by atoms with Crippen LogP contribution in [0.15, 0.2) is 12.7 Å². The van der Waals surface area contributed by atoms with Crippen LogP contribution in [-0.2, 0) is 19.2 Å². The number of piperidine rings is 1. The third-order valence-corrected chi connectivity index (χ3v) is 9.93. The number of Topliss-reactive ketones (excluding diaryl/α,β-unsaturated/α-hetero) is 1. The molecule has 7 atom stereocenters. The molecule has 5 amide bonds. The maximum atomic E-state index is 14.3. The van der Waals surface area contributed by atoms with Crippen molar-refractivity contribution in [1.29, 1.82) is 0 Å². The lowest BCUT2D eigenvalue weighted by Crippen LogP contribution is -2.63. The van der Waals surface area contributed by atoms with Crippen LogP contribution in [0.2, 0.25) is 0 Å². The van der Waals surface area contributed by atoms with Crippen molar-refractivity contribution in [3.63, 3.8) is 0 Å². The molecule has 1 saturated heterocycles. The molecule has 3 rings (SSSR count). The number of hydrogen-bond donors (Lipinski definition) is 6. The number of nitrogens with zero attached hydrogens (tertiary/aromatic N) is 1. The van der Waals surface area contributed by atoms with Crippen LogP contribution >= 0.6 is 0 Å². The number of aliphatic hydroxyl groups excluding tert-OH is 1. The van der Waals surface area contributed by atoms with E-state index in [4.69, 9.17) is 0 Å². The lowest BCUT2D eigenvalue weighted by molar-refractivity contribution is -0.145. The van der Waals surface area contributed by atoms with Gasteiger partial charge >= 0.3 is 6.03 Å². The van der Waals surface area contributed by atoms with Gasteiger partial charge in [0.15, 0.2) is 0 Å². The van der Waals surface area contributed by atoms with E-state index in [1.807, 2.05) is 41.5 Å². The summed E-state index contributed by atoms with van der Waals surface area (Å²) >= 11 is 0. The number of hydrogen-bond acceptors (Lipinski definition) is 7. The van der Waals surface area contributed by atoms with Gasteiger partial charge in [-0.2, -0.15) is 0 Å². The lowest BCUT2D eigenvalue weighted by Gasteiger charge is -2.38. The normalized spacial score (nSPS) is 24.2. The molecule has 12 heteroatoms. The van der Waals surface area contributed by atoms with Crippen molar-refractivity contribution in [1.82, 2.24) is 31.5 Å². The number of rotatable bonds is 17. The second-order valence-electron chi connectivity index (χ2n) is 15.4. The smallest absolute Gasteiger partial charge is 0.315 e. The number of carbonyl (C=O) groups is 5. The molecule has 1 aliphatic heterocycles. The number of urea groups is 1. The lowest BCUT2D eigenvalue weighted by atomic mass is 9.85. The molecule has 12 nitrogen and oxygen atoms in total. The average Bonchev–Trinajstić information content (AvgIpc) is 3.84. The molecule has 0 aromatic heterocycles. The molecule has 2 saturated carbocycles. The van der Waals surface area contributed by atoms with Crippen LogP contribution in [0.3, 0.4) is 0 Å². The summed E-state index contributed by atoms with van der Waals surface area (Å²) in [5.74, 6) is -1.96. The predicted octanol–water partition coefficient (Wildman–Crippen LogP) is 2.07. The van der Waals surface area contributed by atoms with Crippen LogP contribution in [0.1, 0.15) is 87.5 Å². The summed E-state index contributed by atoms with van der Waals surface area (Å²) in [4.78, 5) is 68.7. The van der Waals surface area contributed by atoms with Crippen molar-refractivity contribution in [2.75, 3.05) is 19.6 Å². The molecule has 2 aliphatic carbocycles. The first-order chi connectivity index (χ1) is 21.4. The Morgan fingerprint density at radius 2 is 1.72 bits per heavy atom. The van der Waals surface area contributed by atoms with Crippen molar-refractivity contribution in [3.8, 4) is 0 Å². The van der Waals surface area contributed by atoms with Crippen molar-refractivity contribution in [3.05, 3.63) is 12.7 Å². The molecule has 0 radical (unpaired) electrons. The summed E-state index contributed by atoms with van der Waals surface area (Å²) in [6, 6.07) is -4.03. The van der Waals surface area contributed by atoms with Gasteiger partial charge in [0, 0.05) is 19.6 Å². The summed E-state index contributed by atoms with van der Waals surface area (Å²) in [5.41, 5.74) is -0.893. The number of amides is 5. The van der Waals surface area contributed by atoms with Crippen LogP contribution in [0.5, 0.6) is 0 Å². The van der Waals surface area contributed by atoms with E-state index in [-0.39, 0.29) is 35.6 Å². The van der Waals surface area contributed by atoms with Gasteiger partial charge in [-0.25, -0.2) is 4.79 Å². The van der Waals surface area contributed by atoms with E-state index >= 15 is 0 Å². The molecule has 6 N–H and O–H groups in total. The zero-order valence-electron chi connectivity index (χ0n) is 29.1. The zero-order chi connectivity index (χ0) is 34.6. The Morgan fingerprint density at radius 3 is 2.26 bits per heavy atom. The zero-order valence-corrected chi connectivity index (χ0v) is 29.1. The first-order valence-electron chi connectivity index (χ1n) is 17.0. The van der Waals surface area contributed by atoms with Gasteiger partial charge in [-0.05, 0) is 53.8 Å². The van der Waals surface area contributed by atoms with Gasteiger partial charge in [-0.15, -0.1) is 6.58 Å². The highest BCUT2D eigenvalue weighted by Gasteiger charge is 2.70. The summed E-state index contributed by atoms with van der Waals surface area (Å²) in [7, 11) is 0. The Morgan fingerprint density at radius 1 is 1.07 bits per heavy atom. The largest absolute Gasteiger partial charge is 0.376 e. The van der Waals surface area contributed by atoms with Gasteiger partial charge in [0.25, 0.3) is 5.91 Å². The van der Waals surface area contributed by atoms with E-state index in [1.54, 1.807) is 0 Å². The highest BCUT2D eigenvalue weighted by Crippen LogP contribution is 2.65. The van der Waals surface area contributed by atoms with Crippen LogP contribution in [-0.4, -0.2) is 89.6 Å². The fourth-order valence-electron chi connectivity index (χ4n) is 6.64. The molecule has 0 aromatic carbocycles. The highest BCUT2D eigenvalue weighted by molar-refractivity contribution is 6.38. The van der Waals surface area contributed by atoms with Crippen molar-refractivity contribution in [2.24, 2.45) is 34.5 Å². The van der Waals surface area contributed by atoms with E-state index < -0.39 is 59.4 Å². The summed E-state index contributed by atoms with van der Waals surface area (Å²) in [6.07, 6.45) is 4.48. The van der Waals surface area contributed by atoms with Crippen LogP contribution in [0.4, 0.5) is 4.79 Å². The third-order valence-electron chi connectivity index (χ3n) is 9.93. The second-order valence-corrected chi connectivity index (χ2v) is 15.4. The second kappa shape index (κ2) is 15.3. The van der Waals surface area contributed by atoms with E-state index in [0.29, 0.717) is 31.8 Å². The average molecular weight is 647 g/mol. The summed E-state index contributed by atoms with van der Waals surface area (Å²) in [5, 5.41) is 24.9. The molecule has 0 bridgehead atoms. The number of carbonyl (C=O) groups excluding carboxylic acids is 5. The highest BCUT2D eigenvalue weighted by atomic mass is 16.3. The number of likely N-dealkylation sites (tertiary alicyclic amines) is 1. The topological polar surface area (TPSA) is 169 Å². The number of nitrogens with one attached hydrogen (secondary N) is 5. The molecule has 3 fully saturated rings. The van der Waals surface area contributed by atoms with E-state index in [1.165, 1.54) is 11.0 Å². The minimum Gasteiger partial charge on any atom is -0.376 e. The van der Waals surface area contributed by atoms with Gasteiger partial charge < -0.3 is 31.3 Å². The first-order valence-corrected chi connectivity index (χ1v) is 17.0. The number of unbranched alkanes of at least 4 members (excludes halogenated alkanes) is 1. The Bertz CT molecular complexity index is 1150. The number of fused-ring (bicyclic) bond motifs is 1. The van der Waals surface area contributed by atoms with Crippen molar-refractivity contribution < 1.29 is 29.1 Å². The minimum absolute atomic E-state index is 0.0836. The van der Waals surface area contributed by atoms with Gasteiger partial charge in [0.2, 0.25) is 17.6 Å². The number of ketones is 1. The first kappa shape index (κ1) is 37.5. The van der Waals surface area contributed by atoms with Gasteiger partial charge in [-0.3, -0.25) is 24.5 Å². The van der Waals surface area contributed by atoms with Crippen molar-refractivity contribution >= 4 is 29.5 Å². The standard InChI is InChI=1S/C34H58N6O6/c1-10-12-13-22(26(41)30(44)35-16-11-2)37-29(43)25-23-21(34(23,8)9)18-40(25)31(45)27(33(5,6)7)39-32(46)38-24(19(3)4)28(42)36-17-20-14-15-20/h11,19-25,27-28,36,42H,2,10,12-18H2,1,3-9H3,(H,35,44)(H,37,43)(H2,38,39,46)/t21-,22?,23-,24-,25-,27+,28?/m0/s1. The molecule has 3 aliphatic rings. The van der Waals surface area contributed by atoms with E-state index in [9.17, 15) is 29.1 Å². The van der Waals surface area contributed by atoms with Crippen LogP contribution < -0.4 is 26.6 Å². The quantitative estimate of drug-likeness (QED) is 0.0799. The van der Waals surface area contributed by atoms with Gasteiger partial charge in [-0.1, -0.05) is 74.3 Å². The Kier molecular flexibility index (Phi) is 12.4. The fraction of sp³-hybridized carbons (Fsp3) is 0.794. The molecular weight excluding hydrogens is 588 g/mol. The van der Waals surface area contributed by atoms with Crippen LogP contribution in [0.25, 0.3) is 0 Å². The molecule has 0 aromatic rings. The van der Waals surface area contributed by atoms with E-state index in [2.05, 4.69) is 47.0 Å². The summed E-state index contributed by atoms with van der Waals surface area (Å²) < 4.78 is 0. The number of aliphatic hydroxyl groups is 1. The molecule has 1 heterocycles. The van der Waals surface area contributed by atoms with E-state index in [0.717, 1.165) is 19.3 Å². The molecule has 2 unspecified atom stereocenters. The fourth-order valence-corrected chi connectivity index (χ4v) is 6.64. The molecule has 260 valence electrons. The third kappa shape index (κ3) is 9.08. The van der Waals surface area contributed by atoms with Gasteiger partial charge in [0.1, 0.15) is 18.3 Å². The Labute approximate surface area is 274 Å². The molecular formula is C34H58N6O6. The monoisotopic (exact) mass is 646 g/mol.